The molecule has 1 N–H and O–H groups in total. The van der Waals surface area contributed by atoms with Crippen molar-refractivity contribution >= 4 is 17.5 Å². The Morgan fingerprint density at radius 2 is 2.07 bits per heavy atom. The van der Waals surface area contributed by atoms with Gasteiger partial charge in [-0.25, -0.2) is 0 Å². The van der Waals surface area contributed by atoms with E-state index in [-0.39, 0.29) is 18.6 Å². The highest BCUT2D eigenvalue weighted by Gasteiger charge is 2.19. The zero-order chi connectivity index (χ0) is 19.5. The minimum absolute atomic E-state index is 0.0528. The Balaban J connectivity index is 1.27. The predicted octanol–water partition coefficient (Wildman–Crippen LogP) is 3.96. The molecule has 3 aromatic rings. The number of carbonyl (C=O) groups excluding carboxylic acids is 1. The second-order valence-electron chi connectivity index (χ2n) is 6.87. The highest BCUT2D eigenvalue weighted by molar-refractivity contribution is 6.30. The van der Waals surface area contributed by atoms with Crippen LogP contribution in [0.1, 0.15) is 30.3 Å². The zero-order valence-corrected chi connectivity index (χ0v) is 16.2. The third-order valence-corrected chi connectivity index (χ3v) is 4.86. The van der Waals surface area contributed by atoms with Crippen LogP contribution in [-0.4, -0.2) is 22.2 Å². The summed E-state index contributed by atoms with van der Waals surface area (Å²) in [5, 5.41) is 7.38. The maximum atomic E-state index is 12.2. The number of rotatable bonds is 6. The van der Waals surface area contributed by atoms with Gasteiger partial charge in [-0.1, -0.05) is 28.9 Å². The molecule has 0 aliphatic carbocycles. The molecule has 0 bridgehead atoms. The van der Waals surface area contributed by atoms with Gasteiger partial charge >= 0.3 is 0 Å². The third-order valence-electron chi connectivity index (χ3n) is 4.60. The molecule has 28 heavy (non-hydrogen) atoms. The normalized spacial score (nSPS) is 15.1. The zero-order valence-electron chi connectivity index (χ0n) is 15.4. The van der Waals surface area contributed by atoms with E-state index in [1.807, 2.05) is 12.1 Å². The Morgan fingerprint density at radius 3 is 2.89 bits per heavy atom. The van der Waals surface area contributed by atoms with Crippen molar-refractivity contribution in [3.63, 3.8) is 0 Å². The predicted molar refractivity (Wildman–Crippen MR) is 105 cm³/mol. The van der Waals surface area contributed by atoms with Crippen LogP contribution in [0.2, 0.25) is 5.02 Å². The molecule has 1 aromatic heterocycles. The van der Waals surface area contributed by atoms with Crippen molar-refractivity contribution in [2.75, 3.05) is 0 Å². The molecule has 1 aliphatic rings. The van der Waals surface area contributed by atoms with Crippen LogP contribution in [-0.2, 0) is 24.2 Å². The lowest BCUT2D eigenvalue weighted by Gasteiger charge is -2.05. The Hall–Kier alpha value is -2.86. The number of aromatic nitrogens is 2. The summed E-state index contributed by atoms with van der Waals surface area (Å²) in [6.45, 7) is 2.29. The molecule has 4 rings (SSSR count). The van der Waals surface area contributed by atoms with Gasteiger partial charge in [0.15, 0.2) is 5.82 Å². The van der Waals surface area contributed by atoms with Gasteiger partial charge in [0.2, 0.25) is 5.91 Å². The van der Waals surface area contributed by atoms with E-state index in [0.29, 0.717) is 29.6 Å². The lowest BCUT2D eigenvalue weighted by Crippen LogP contribution is -2.23. The lowest BCUT2D eigenvalue weighted by atomic mass is 10.0. The smallest absolute Gasteiger partial charge is 0.257 e. The Kier molecular flexibility index (Phi) is 5.30. The molecule has 0 unspecified atom stereocenters. The van der Waals surface area contributed by atoms with Crippen molar-refractivity contribution in [3.05, 3.63) is 64.4 Å². The van der Waals surface area contributed by atoms with Crippen molar-refractivity contribution in [2.45, 2.75) is 38.8 Å². The highest BCUT2D eigenvalue weighted by atomic mass is 35.5. The first-order chi connectivity index (χ1) is 13.6. The quantitative estimate of drug-likeness (QED) is 0.681. The number of nitrogens with zero attached hydrogens (tertiary/aromatic N) is 2. The maximum absolute atomic E-state index is 12.2. The summed E-state index contributed by atoms with van der Waals surface area (Å²) in [5.41, 5.74) is 3.13. The van der Waals surface area contributed by atoms with Crippen molar-refractivity contribution in [1.82, 2.24) is 15.5 Å². The largest absolute Gasteiger partial charge is 0.490 e. The Morgan fingerprint density at radius 1 is 1.25 bits per heavy atom. The Labute approximate surface area is 167 Å². The molecule has 7 heteroatoms. The summed E-state index contributed by atoms with van der Waals surface area (Å²) in [4.78, 5) is 16.5. The van der Waals surface area contributed by atoms with Crippen LogP contribution in [0.5, 0.6) is 5.75 Å². The molecule has 1 atom stereocenters. The second-order valence-corrected chi connectivity index (χ2v) is 7.31. The van der Waals surface area contributed by atoms with Crippen LogP contribution in [0, 0.1) is 0 Å². The number of fused-ring (bicyclic) bond motifs is 1. The van der Waals surface area contributed by atoms with E-state index in [1.54, 1.807) is 24.3 Å². The standard InChI is InChI=1S/C21H20ClN3O3/c1-13-10-16-11-14(2-8-18(16)27-13)3-9-20(26)23-12-19-24-21(28-25-19)15-4-6-17(22)7-5-15/h2,4-8,11,13H,3,9-10,12H2,1H3,(H,23,26)/t13-/m1/s1. The van der Waals surface area contributed by atoms with E-state index in [2.05, 4.69) is 28.4 Å². The number of ether oxygens (including phenoxy) is 1. The van der Waals surface area contributed by atoms with Crippen molar-refractivity contribution in [1.29, 1.82) is 0 Å². The van der Waals surface area contributed by atoms with Crippen LogP contribution < -0.4 is 10.1 Å². The fourth-order valence-electron chi connectivity index (χ4n) is 3.19. The first-order valence-electron chi connectivity index (χ1n) is 9.20. The molecule has 0 saturated carbocycles. The summed E-state index contributed by atoms with van der Waals surface area (Å²) in [7, 11) is 0. The lowest BCUT2D eigenvalue weighted by molar-refractivity contribution is -0.121. The molecule has 1 amide bonds. The Bertz CT molecular complexity index is 985. The van der Waals surface area contributed by atoms with Gasteiger partial charge in [-0.3, -0.25) is 4.79 Å². The van der Waals surface area contributed by atoms with E-state index in [1.165, 1.54) is 5.56 Å². The molecule has 144 valence electrons. The molecule has 0 fully saturated rings. The second kappa shape index (κ2) is 8.02. The van der Waals surface area contributed by atoms with Crippen molar-refractivity contribution in [2.24, 2.45) is 0 Å². The maximum Gasteiger partial charge on any atom is 0.257 e. The van der Waals surface area contributed by atoms with Gasteiger partial charge in [0.1, 0.15) is 11.9 Å². The van der Waals surface area contributed by atoms with Gasteiger partial charge in [-0.05, 0) is 54.8 Å². The molecule has 2 heterocycles. The third kappa shape index (κ3) is 4.34. The van der Waals surface area contributed by atoms with Crippen LogP contribution in [0.25, 0.3) is 11.5 Å². The van der Waals surface area contributed by atoms with Gasteiger partial charge in [0.25, 0.3) is 5.89 Å². The van der Waals surface area contributed by atoms with Gasteiger partial charge in [0.05, 0.1) is 6.54 Å². The van der Waals surface area contributed by atoms with E-state index in [4.69, 9.17) is 20.9 Å². The summed E-state index contributed by atoms with van der Waals surface area (Å²) in [5.74, 6) is 1.73. The number of hydrogen-bond acceptors (Lipinski definition) is 5. The molecular formula is C21H20ClN3O3. The molecule has 0 radical (unpaired) electrons. The van der Waals surface area contributed by atoms with Crippen LogP contribution in [0.3, 0.4) is 0 Å². The number of carbonyl (C=O) groups is 1. The summed E-state index contributed by atoms with van der Waals surface area (Å²) in [6, 6.07) is 13.3. The monoisotopic (exact) mass is 397 g/mol. The van der Waals surface area contributed by atoms with Crippen molar-refractivity contribution < 1.29 is 14.1 Å². The molecule has 1 aliphatic heterocycles. The minimum Gasteiger partial charge on any atom is -0.490 e. The summed E-state index contributed by atoms with van der Waals surface area (Å²) >= 11 is 5.88. The number of halogens is 1. The number of benzene rings is 2. The van der Waals surface area contributed by atoms with E-state index in [0.717, 1.165) is 23.3 Å². The van der Waals surface area contributed by atoms with Gasteiger partial charge < -0.3 is 14.6 Å². The first kappa shape index (κ1) is 18.5. The van der Waals surface area contributed by atoms with Crippen LogP contribution in [0.15, 0.2) is 47.0 Å². The number of aryl methyl sites for hydroxylation is 1. The summed E-state index contributed by atoms with van der Waals surface area (Å²) < 4.78 is 10.9. The summed E-state index contributed by atoms with van der Waals surface area (Å²) in [6.07, 6.45) is 2.22. The SMILES string of the molecule is C[C@@H]1Cc2cc(CCC(=O)NCc3noc(-c4ccc(Cl)cc4)n3)ccc2O1. The van der Waals surface area contributed by atoms with E-state index < -0.39 is 0 Å². The molecular weight excluding hydrogens is 378 g/mol. The van der Waals surface area contributed by atoms with Crippen LogP contribution in [0.4, 0.5) is 0 Å². The number of nitrogens with one attached hydrogen (secondary N) is 1. The first-order valence-corrected chi connectivity index (χ1v) is 9.58. The topological polar surface area (TPSA) is 77.3 Å². The van der Waals surface area contributed by atoms with E-state index >= 15 is 0 Å². The van der Waals surface area contributed by atoms with Gasteiger partial charge in [-0.2, -0.15) is 4.98 Å². The highest BCUT2D eigenvalue weighted by Crippen LogP contribution is 2.29. The average molecular weight is 398 g/mol. The molecule has 0 spiro atoms. The number of hydrogen-bond donors (Lipinski definition) is 1. The molecule has 2 aromatic carbocycles. The van der Waals surface area contributed by atoms with E-state index in [9.17, 15) is 4.79 Å². The number of amides is 1. The van der Waals surface area contributed by atoms with Crippen LogP contribution >= 0.6 is 11.6 Å². The fourth-order valence-corrected chi connectivity index (χ4v) is 3.32. The van der Waals surface area contributed by atoms with Gasteiger partial charge in [-0.15, -0.1) is 0 Å². The fraction of sp³-hybridized carbons (Fsp3) is 0.286. The minimum atomic E-state index is -0.0528. The van der Waals surface area contributed by atoms with Gasteiger partial charge in [0, 0.05) is 23.4 Å². The average Bonchev–Trinajstić information content (AvgIpc) is 3.30. The molecule has 6 nitrogen and oxygen atoms in total. The molecule has 0 saturated heterocycles. The van der Waals surface area contributed by atoms with Crippen molar-refractivity contribution in [3.8, 4) is 17.2 Å².